The molecule has 0 bridgehead atoms. The molecule has 3 aromatic heterocycles. The summed E-state index contributed by atoms with van der Waals surface area (Å²) in [5, 5.41) is 4.56. The third kappa shape index (κ3) is 6.02. The van der Waals surface area contributed by atoms with Crippen LogP contribution in [-0.2, 0) is 6.54 Å². The average Bonchev–Trinajstić information content (AvgIpc) is 3.65. The molecule has 0 aliphatic heterocycles. The molecule has 0 radical (unpaired) electrons. The number of hydrogen-bond donors (Lipinski definition) is 2. The van der Waals surface area contributed by atoms with Gasteiger partial charge in [0.05, 0.1) is 11.7 Å². The van der Waals surface area contributed by atoms with E-state index in [0.29, 0.717) is 11.9 Å². The lowest BCUT2D eigenvalue weighted by Gasteiger charge is -2.30. The van der Waals surface area contributed by atoms with Crippen molar-refractivity contribution in [3.05, 3.63) is 85.8 Å². The van der Waals surface area contributed by atoms with Gasteiger partial charge >= 0.3 is 0 Å². The Morgan fingerprint density at radius 1 is 0.925 bits per heavy atom. The van der Waals surface area contributed by atoms with Gasteiger partial charge in [-0.15, -0.1) is 0 Å². The van der Waals surface area contributed by atoms with Crippen molar-refractivity contribution in [2.75, 3.05) is 18.8 Å². The van der Waals surface area contributed by atoms with Crippen LogP contribution >= 0.6 is 0 Å². The van der Waals surface area contributed by atoms with Crippen molar-refractivity contribution < 1.29 is 4.74 Å². The van der Waals surface area contributed by atoms with E-state index in [2.05, 4.69) is 47.7 Å². The Balaban J connectivity index is 1.08. The minimum Gasteiger partial charge on any atom is -0.457 e. The highest BCUT2D eigenvalue weighted by Gasteiger charge is 2.25. The van der Waals surface area contributed by atoms with Crippen LogP contribution in [0, 0.1) is 5.92 Å². The van der Waals surface area contributed by atoms with E-state index in [1.54, 1.807) is 6.33 Å². The maximum absolute atomic E-state index is 6.41. The molecule has 3 heterocycles. The maximum atomic E-state index is 6.41. The van der Waals surface area contributed by atoms with Crippen LogP contribution in [0.4, 0.5) is 5.82 Å². The summed E-state index contributed by atoms with van der Waals surface area (Å²) in [6.07, 6.45) is 16.7. The van der Waals surface area contributed by atoms with Crippen molar-refractivity contribution in [3.8, 4) is 22.6 Å². The molecule has 1 aliphatic rings. The molecular weight excluding hydrogens is 498 g/mol. The number of anilines is 1. The lowest BCUT2D eigenvalue weighted by Crippen LogP contribution is -2.23. The van der Waals surface area contributed by atoms with E-state index in [4.69, 9.17) is 10.5 Å². The highest BCUT2D eigenvalue weighted by Crippen LogP contribution is 2.40. The molecular formula is C32H37N7O. The van der Waals surface area contributed by atoms with Gasteiger partial charge in [0, 0.05) is 36.7 Å². The summed E-state index contributed by atoms with van der Waals surface area (Å²) in [4.78, 5) is 13.1. The van der Waals surface area contributed by atoms with Crippen LogP contribution in [0.5, 0.6) is 11.5 Å². The summed E-state index contributed by atoms with van der Waals surface area (Å²) < 4.78 is 10.5. The third-order valence-electron chi connectivity index (χ3n) is 8.05. The first kappa shape index (κ1) is 26.1. The van der Waals surface area contributed by atoms with Gasteiger partial charge in [0.1, 0.15) is 29.3 Å². The first-order valence-electron chi connectivity index (χ1n) is 14.4. The number of nitrogens with one attached hydrogen (secondary N) is 1. The second-order valence-electron chi connectivity index (χ2n) is 10.7. The summed E-state index contributed by atoms with van der Waals surface area (Å²) in [5.74, 6) is 2.92. The Kier molecular flexibility index (Phi) is 8.05. The highest BCUT2D eigenvalue weighted by molar-refractivity contribution is 6.00. The van der Waals surface area contributed by atoms with Crippen molar-refractivity contribution in [2.45, 2.75) is 51.1 Å². The standard InChI is InChI=1S/C32H37N7O/c33-31-30-29(25-9-13-28(14-10-25)40-27-5-2-1-3-6-27)21-39(32(30)37-22-36-31)26-11-7-24(8-12-26)15-17-34-16-4-19-38-20-18-35-23-38/h1-3,5-6,9-10,13-14,18,20-24,26,34H,4,7-8,11-12,15-17,19H2,(H2,33,36,37). The van der Waals surface area contributed by atoms with E-state index < -0.39 is 0 Å². The molecule has 0 unspecified atom stereocenters. The predicted molar refractivity (Wildman–Crippen MR) is 159 cm³/mol. The van der Waals surface area contributed by atoms with Crippen molar-refractivity contribution in [1.29, 1.82) is 0 Å². The van der Waals surface area contributed by atoms with Crippen LogP contribution in [-0.4, -0.2) is 37.2 Å². The van der Waals surface area contributed by atoms with Crippen molar-refractivity contribution in [2.24, 2.45) is 5.92 Å². The quantitative estimate of drug-likeness (QED) is 0.188. The number of imidazole rings is 1. The van der Waals surface area contributed by atoms with Gasteiger partial charge in [-0.1, -0.05) is 30.3 Å². The lowest BCUT2D eigenvalue weighted by molar-refractivity contribution is 0.265. The zero-order valence-electron chi connectivity index (χ0n) is 22.8. The number of hydrogen-bond acceptors (Lipinski definition) is 6. The second kappa shape index (κ2) is 12.3. The van der Waals surface area contributed by atoms with E-state index in [-0.39, 0.29) is 0 Å². The van der Waals surface area contributed by atoms with Gasteiger partial charge < -0.3 is 24.9 Å². The van der Waals surface area contributed by atoms with E-state index in [9.17, 15) is 0 Å². The molecule has 8 heteroatoms. The highest BCUT2D eigenvalue weighted by atomic mass is 16.5. The molecule has 206 valence electrons. The number of aryl methyl sites for hydroxylation is 1. The molecule has 0 spiro atoms. The maximum Gasteiger partial charge on any atom is 0.146 e. The number of nitrogens with two attached hydrogens (primary N) is 1. The fraction of sp³-hybridized carbons (Fsp3) is 0.344. The molecule has 3 N–H and O–H groups in total. The molecule has 40 heavy (non-hydrogen) atoms. The zero-order chi connectivity index (χ0) is 27.1. The van der Waals surface area contributed by atoms with Gasteiger partial charge in [0.15, 0.2) is 0 Å². The molecule has 6 rings (SSSR count). The first-order chi connectivity index (χ1) is 19.7. The van der Waals surface area contributed by atoms with E-state index >= 15 is 0 Å². The second-order valence-corrected chi connectivity index (χ2v) is 10.7. The van der Waals surface area contributed by atoms with Crippen LogP contribution in [0.15, 0.2) is 85.8 Å². The number of nitrogens with zero attached hydrogens (tertiary/aromatic N) is 5. The van der Waals surface area contributed by atoms with Gasteiger partial charge in [0.2, 0.25) is 0 Å². The van der Waals surface area contributed by atoms with Gasteiger partial charge in [-0.3, -0.25) is 0 Å². The zero-order valence-corrected chi connectivity index (χ0v) is 22.8. The average molecular weight is 536 g/mol. The first-order valence-corrected chi connectivity index (χ1v) is 14.4. The Bertz CT molecular complexity index is 1490. The van der Waals surface area contributed by atoms with Crippen molar-refractivity contribution in [3.63, 3.8) is 0 Å². The largest absolute Gasteiger partial charge is 0.457 e. The number of fused-ring (bicyclic) bond motifs is 1. The lowest BCUT2D eigenvalue weighted by atomic mass is 9.84. The summed E-state index contributed by atoms with van der Waals surface area (Å²) in [6, 6.07) is 18.4. The normalized spacial score (nSPS) is 17.3. The molecule has 5 aromatic rings. The Hall–Kier alpha value is -4.17. The molecule has 1 fully saturated rings. The summed E-state index contributed by atoms with van der Waals surface area (Å²) in [7, 11) is 0. The molecule has 1 aliphatic carbocycles. The Labute approximate surface area is 235 Å². The molecule has 0 saturated heterocycles. The topological polar surface area (TPSA) is 95.8 Å². The van der Waals surface area contributed by atoms with E-state index in [1.165, 1.54) is 19.3 Å². The summed E-state index contributed by atoms with van der Waals surface area (Å²) >= 11 is 0. The fourth-order valence-corrected chi connectivity index (χ4v) is 5.88. The summed E-state index contributed by atoms with van der Waals surface area (Å²) in [5.41, 5.74) is 9.49. The van der Waals surface area contributed by atoms with Crippen molar-refractivity contribution in [1.82, 2.24) is 29.4 Å². The molecule has 8 nitrogen and oxygen atoms in total. The van der Waals surface area contributed by atoms with Gasteiger partial charge in [-0.05, 0) is 87.4 Å². The van der Waals surface area contributed by atoms with E-state index in [1.807, 2.05) is 61.2 Å². The Morgan fingerprint density at radius 3 is 2.50 bits per heavy atom. The minimum atomic E-state index is 0.422. The fourth-order valence-electron chi connectivity index (χ4n) is 5.88. The van der Waals surface area contributed by atoms with Crippen LogP contribution < -0.4 is 15.8 Å². The van der Waals surface area contributed by atoms with E-state index in [0.717, 1.165) is 78.5 Å². The molecule has 0 atom stereocenters. The van der Waals surface area contributed by atoms with Crippen LogP contribution in [0.1, 0.15) is 44.6 Å². The van der Waals surface area contributed by atoms with Crippen LogP contribution in [0.25, 0.3) is 22.2 Å². The van der Waals surface area contributed by atoms with Crippen LogP contribution in [0.3, 0.4) is 0 Å². The van der Waals surface area contributed by atoms with Crippen LogP contribution in [0.2, 0.25) is 0 Å². The number of para-hydroxylation sites is 1. The summed E-state index contributed by atoms with van der Waals surface area (Å²) in [6.45, 7) is 3.15. The van der Waals surface area contributed by atoms with Gasteiger partial charge in [-0.25, -0.2) is 15.0 Å². The smallest absolute Gasteiger partial charge is 0.146 e. The number of benzene rings is 2. The molecule has 0 amide bonds. The molecule has 1 saturated carbocycles. The van der Waals surface area contributed by atoms with Gasteiger partial charge in [0.25, 0.3) is 0 Å². The number of nitrogen functional groups attached to an aromatic ring is 1. The monoisotopic (exact) mass is 535 g/mol. The number of rotatable bonds is 11. The number of ether oxygens (including phenoxy) is 1. The van der Waals surface area contributed by atoms with Crippen molar-refractivity contribution >= 4 is 16.9 Å². The third-order valence-corrected chi connectivity index (χ3v) is 8.05. The van der Waals surface area contributed by atoms with Gasteiger partial charge in [-0.2, -0.15) is 0 Å². The predicted octanol–water partition coefficient (Wildman–Crippen LogP) is 6.47. The SMILES string of the molecule is Nc1ncnc2c1c(-c1ccc(Oc3ccccc3)cc1)cn2C1CCC(CCNCCCn2ccnc2)CC1. The number of aromatic nitrogens is 5. The molecule has 2 aromatic carbocycles. The minimum absolute atomic E-state index is 0.422. The Morgan fingerprint density at radius 2 is 1.73 bits per heavy atom.